The van der Waals surface area contributed by atoms with Crippen molar-refractivity contribution in [2.24, 2.45) is 0 Å². The van der Waals surface area contributed by atoms with Gasteiger partial charge in [0.25, 0.3) is 0 Å². The summed E-state index contributed by atoms with van der Waals surface area (Å²) < 4.78 is 41.0. The Morgan fingerprint density at radius 1 is 1.34 bits per heavy atom. The molecule has 7 nitrogen and oxygen atoms in total. The van der Waals surface area contributed by atoms with Gasteiger partial charge in [0.05, 0.1) is 22.5 Å². The van der Waals surface area contributed by atoms with Crippen molar-refractivity contribution in [2.45, 2.75) is 45.3 Å². The molecule has 0 unspecified atom stereocenters. The number of nitrogens with zero attached hydrogens (tertiary/aromatic N) is 4. The Morgan fingerprint density at radius 3 is 2.66 bits per heavy atom. The van der Waals surface area contributed by atoms with E-state index in [2.05, 4.69) is 25.0 Å². The number of aromatic nitrogens is 3. The van der Waals surface area contributed by atoms with Crippen LogP contribution in [0, 0.1) is 6.92 Å². The summed E-state index contributed by atoms with van der Waals surface area (Å²) in [5.41, 5.74) is 1.14. The molecule has 2 aromatic heterocycles. The number of likely N-dealkylation sites (tertiary alicyclic amines) is 1. The molecule has 0 bridgehead atoms. The third-order valence-corrected chi connectivity index (χ3v) is 4.76. The number of hydrogen-bond acceptors (Lipinski definition) is 6. The van der Waals surface area contributed by atoms with Crippen molar-refractivity contribution in [3.05, 3.63) is 35.2 Å². The number of alkyl halides is 3. The Balaban J connectivity index is 1.67. The zero-order chi connectivity index (χ0) is 21.3. The van der Waals surface area contributed by atoms with Crippen LogP contribution in [0.15, 0.2) is 24.4 Å². The topological polar surface area (TPSA) is 80.2 Å². The van der Waals surface area contributed by atoms with Crippen LogP contribution in [0.1, 0.15) is 19.7 Å². The summed E-state index contributed by atoms with van der Waals surface area (Å²) in [7, 11) is 0. The van der Waals surface area contributed by atoms with Crippen LogP contribution >= 0.6 is 11.6 Å². The van der Waals surface area contributed by atoms with Gasteiger partial charge in [-0.25, -0.2) is 9.97 Å². The van der Waals surface area contributed by atoms with Crippen LogP contribution in [0.2, 0.25) is 5.02 Å². The van der Waals surface area contributed by atoms with E-state index >= 15 is 0 Å². The Labute approximate surface area is 170 Å². The van der Waals surface area contributed by atoms with E-state index in [1.54, 1.807) is 32.0 Å². The molecular formula is C18H19ClF3N5O2. The highest BCUT2D eigenvalue weighted by molar-refractivity contribution is 6.30. The first-order valence-corrected chi connectivity index (χ1v) is 9.20. The second-order valence-electron chi connectivity index (χ2n) is 6.75. The lowest BCUT2D eigenvalue weighted by Crippen LogP contribution is -2.64. The smallest absolute Gasteiger partial charge is 0.358 e. The SMILES string of the molecule is Cc1nc(N[C@H](C)C(=O)N2C[C@H](OC(F)(F)F)[C@@H]2C)cc(-c2ccc(Cl)cn2)n1. The summed E-state index contributed by atoms with van der Waals surface area (Å²) in [5.74, 6) is 0.528. The number of pyridine rings is 1. The number of nitrogens with one attached hydrogen (secondary N) is 1. The number of rotatable bonds is 5. The third-order valence-electron chi connectivity index (χ3n) is 4.54. The van der Waals surface area contributed by atoms with Crippen LogP contribution in [0.25, 0.3) is 11.4 Å². The summed E-state index contributed by atoms with van der Waals surface area (Å²) in [4.78, 5) is 26.7. The lowest BCUT2D eigenvalue weighted by molar-refractivity contribution is -0.359. The van der Waals surface area contributed by atoms with Crippen molar-refractivity contribution in [2.75, 3.05) is 11.9 Å². The average molecular weight is 430 g/mol. The second kappa shape index (κ2) is 8.11. The molecule has 2 aromatic rings. The van der Waals surface area contributed by atoms with E-state index in [1.165, 1.54) is 18.0 Å². The summed E-state index contributed by atoms with van der Waals surface area (Å²) in [6.07, 6.45) is -4.28. The maximum atomic E-state index is 12.6. The van der Waals surface area contributed by atoms with Gasteiger partial charge in [-0.2, -0.15) is 0 Å². The van der Waals surface area contributed by atoms with Gasteiger partial charge in [-0.1, -0.05) is 11.6 Å². The molecule has 0 radical (unpaired) electrons. The highest BCUT2D eigenvalue weighted by Crippen LogP contribution is 2.29. The van der Waals surface area contributed by atoms with Gasteiger partial charge in [0.15, 0.2) is 0 Å². The molecule has 29 heavy (non-hydrogen) atoms. The van der Waals surface area contributed by atoms with Crippen LogP contribution in [0.5, 0.6) is 0 Å². The largest absolute Gasteiger partial charge is 0.522 e. The fourth-order valence-electron chi connectivity index (χ4n) is 3.01. The number of hydrogen-bond donors (Lipinski definition) is 1. The van der Waals surface area contributed by atoms with Crippen LogP contribution < -0.4 is 5.32 Å². The van der Waals surface area contributed by atoms with E-state index in [0.717, 1.165) is 0 Å². The highest BCUT2D eigenvalue weighted by atomic mass is 35.5. The normalized spacial score (nSPS) is 20.2. The van der Waals surface area contributed by atoms with Gasteiger partial charge >= 0.3 is 6.36 Å². The summed E-state index contributed by atoms with van der Waals surface area (Å²) >= 11 is 5.85. The van der Waals surface area contributed by atoms with Crippen molar-refractivity contribution in [3.8, 4) is 11.4 Å². The Bertz CT molecular complexity index is 894. The minimum atomic E-state index is -4.72. The Morgan fingerprint density at radius 2 is 2.07 bits per heavy atom. The van der Waals surface area contributed by atoms with Gasteiger partial charge < -0.3 is 10.2 Å². The Kier molecular flexibility index (Phi) is 5.95. The number of carbonyl (C=O) groups is 1. The lowest BCUT2D eigenvalue weighted by atomic mass is 10.00. The van der Waals surface area contributed by atoms with E-state index < -0.39 is 24.6 Å². The van der Waals surface area contributed by atoms with Gasteiger partial charge in [-0.3, -0.25) is 14.5 Å². The van der Waals surface area contributed by atoms with Crippen LogP contribution in [-0.2, 0) is 9.53 Å². The molecular weight excluding hydrogens is 411 g/mol. The van der Waals surface area contributed by atoms with E-state index in [-0.39, 0.29) is 12.5 Å². The summed E-state index contributed by atoms with van der Waals surface area (Å²) in [6.45, 7) is 4.72. The molecule has 1 aliphatic heterocycles. The number of amides is 1. The highest BCUT2D eigenvalue weighted by Gasteiger charge is 2.46. The van der Waals surface area contributed by atoms with Gasteiger partial charge in [-0.15, -0.1) is 13.2 Å². The van der Waals surface area contributed by atoms with E-state index in [0.29, 0.717) is 28.1 Å². The fourth-order valence-corrected chi connectivity index (χ4v) is 3.12. The van der Waals surface area contributed by atoms with Crippen molar-refractivity contribution >= 4 is 23.3 Å². The predicted molar refractivity (Wildman–Crippen MR) is 100 cm³/mol. The van der Waals surface area contributed by atoms with E-state index in [1.807, 2.05) is 0 Å². The standard InChI is InChI=1S/C18H19ClF3N5O2/c1-9(17(28)27-8-15(10(27)2)29-18(20,21)22)24-16-6-14(25-11(3)26-16)13-5-4-12(19)7-23-13/h4-7,9-10,15H,8H2,1-3H3,(H,24,25,26)/t9-,10+,15+/m1/s1. The first-order chi connectivity index (χ1) is 13.5. The van der Waals surface area contributed by atoms with Crippen molar-refractivity contribution in [1.82, 2.24) is 19.9 Å². The van der Waals surface area contributed by atoms with Crippen LogP contribution in [0.3, 0.4) is 0 Å². The number of ether oxygens (including phenoxy) is 1. The number of carbonyl (C=O) groups excluding carboxylic acids is 1. The molecule has 156 valence electrons. The molecule has 11 heteroatoms. The van der Waals surface area contributed by atoms with Gasteiger partial charge in [0.1, 0.15) is 23.8 Å². The van der Waals surface area contributed by atoms with Gasteiger partial charge in [0.2, 0.25) is 5.91 Å². The van der Waals surface area contributed by atoms with Crippen LogP contribution in [-0.4, -0.2) is 56.9 Å². The molecule has 0 aliphatic carbocycles. The fraction of sp³-hybridized carbons (Fsp3) is 0.444. The summed E-state index contributed by atoms with van der Waals surface area (Å²) in [5, 5.41) is 3.47. The molecule has 3 rings (SSSR count). The zero-order valence-electron chi connectivity index (χ0n) is 15.9. The van der Waals surface area contributed by atoms with Gasteiger partial charge in [0, 0.05) is 18.8 Å². The number of anilines is 1. The van der Waals surface area contributed by atoms with Crippen molar-refractivity contribution in [3.63, 3.8) is 0 Å². The monoisotopic (exact) mass is 429 g/mol. The number of halogens is 4. The minimum absolute atomic E-state index is 0.117. The Hall–Kier alpha value is -2.46. The molecule has 3 atom stereocenters. The maximum Gasteiger partial charge on any atom is 0.522 e. The van der Waals surface area contributed by atoms with Gasteiger partial charge in [-0.05, 0) is 32.9 Å². The number of aryl methyl sites for hydroxylation is 1. The molecule has 1 N–H and O–H groups in total. The second-order valence-corrected chi connectivity index (χ2v) is 7.18. The molecule has 0 saturated carbocycles. The minimum Gasteiger partial charge on any atom is -0.358 e. The molecule has 1 saturated heterocycles. The van der Waals surface area contributed by atoms with Crippen LogP contribution in [0.4, 0.5) is 19.0 Å². The van der Waals surface area contributed by atoms with Crippen molar-refractivity contribution in [1.29, 1.82) is 0 Å². The predicted octanol–water partition coefficient (Wildman–Crippen LogP) is 3.44. The van der Waals surface area contributed by atoms with Crippen molar-refractivity contribution < 1.29 is 22.7 Å². The van der Waals surface area contributed by atoms with E-state index in [9.17, 15) is 18.0 Å². The molecule has 3 heterocycles. The molecule has 1 amide bonds. The quantitative estimate of drug-likeness (QED) is 0.784. The summed E-state index contributed by atoms with van der Waals surface area (Å²) in [6, 6.07) is 3.66. The molecule has 0 aromatic carbocycles. The molecule has 1 aliphatic rings. The lowest BCUT2D eigenvalue weighted by Gasteiger charge is -2.46. The zero-order valence-corrected chi connectivity index (χ0v) is 16.6. The molecule has 0 spiro atoms. The first-order valence-electron chi connectivity index (χ1n) is 8.82. The first kappa shape index (κ1) is 21.3. The average Bonchev–Trinajstić information content (AvgIpc) is 2.63. The third kappa shape index (κ3) is 5.13. The van der Waals surface area contributed by atoms with E-state index in [4.69, 9.17) is 11.6 Å². The maximum absolute atomic E-state index is 12.6. The molecule has 1 fully saturated rings.